The first-order valence-corrected chi connectivity index (χ1v) is 6.14. The van der Waals surface area contributed by atoms with E-state index in [0.29, 0.717) is 6.61 Å². The second kappa shape index (κ2) is 5.83. The maximum absolute atomic E-state index is 11.5. The number of hydrogen-bond donors (Lipinski definition) is 0. The third-order valence-corrected chi connectivity index (χ3v) is 3.01. The quantitative estimate of drug-likeness (QED) is 0.795. The van der Waals surface area contributed by atoms with Crippen LogP contribution in [-0.4, -0.2) is 35.0 Å². The lowest BCUT2D eigenvalue weighted by Crippen LogP contribution is -2.03. The molecule has 20 heavy (non-hydrogen) atoms. The predicted molar refractivity (Wildman–Crippen MR) is 73.2 cm³/mol. The van der Waals surface area contributed by atoms with Crippen molar-refractivity contribution in [1.29, 1.82) is 0 Å². The minimum atomic E-state index is -0.450. The summed E-state index contributed by atoms with van der Waals surface area (Å²) >= 11 is 0. The van der Waals surface area contributed by atoms with Gasteiger partial charge in [0.05, 0.1) is 25.1 Å². The fourth-order valence-corrected chi connectivity index (χ4v) is 2.03. The molecule has 0 bridgehead atoms. The number of rotatable bonds is 4. The number of aromatic nitrogens is 3. The summed E-state index contributed by atoms with van der Waals surface area (Å²) in [6.45, 7) is 2.46. The standard InChI is InChI=1S/C14H17N3O3/c1-9-5-10(8-19-3)15-7-11(9)13-6-12(14(18)20-4)16-17(13)2/h5-7H,8H2,1-4H3. The normalized spacial score (nSPS) is 10.6. The molecule has 0 fully saturated rings. The molecular weight excluding hydrogens is 258 g/mol. The lowest BCUT2D eigenvalue weighted by Gasteiger charge is -2.07. The highest BCUT2D eigenvalue weighted by molar-refractivity contribution is 5.88. The average molecular weight is 275 g/mol. The highest BCUT2D eigenvalue weighted by atomic mass is 16.5. The van der Waals surface area contributed by atoms with Crippen molar-refractivity contribution in [1.82, 2.24) is 14.8 Å². The van der Waals surface area contributed by atoms with Crippen molar-refractivity contribution in [2.45, 2.75) is 13.5 Å². The van der Waals surface area contributed by atoms with E-state index in [1.54, 1.807) is 31.1 Å². The maximum atomic E-state index is 11.5. The van der Waals surface area contributed by atoms with Crippen molar-refractivity contribution in [3.63, 3.8) is 0 Å². The largest absolute Gasteiger partial charge is 0.464 e. The highest BCUT2D eigenvalue weighted by Gasteiger charge is 2.15. The van der Waals surface area contributed by atoms with Crippen LogP contribution in [0.1, 0.15) is 21.7 Å². The molecule has 6 heteroatoms. The van der Waals surface area contributed by atoms with Crippen LogP contribution in [0.15, 0.2) is 18.3 Å². The van der Waals surface area contributed by atoms with Gasteiger partial charge < -0.3 is 9.47 Å². The Hall–Kier alpha value is -2.21. The van der Waals surface area contributed by atoms with Crippen molar-refractivity contribution in [2.24, 2.45) is 7.05 Å². The van der Waals surface area contributed by atoms with Crippen LogP contribution >= 0.6 is 0 Å². The van der Waals surface area contributed by atoms with E-state index in [0.717, 1.165) is 22.5 Å². The number of pyridine rings is 1. The van der Waals surface area contributed by atoms with Gasteiger partial charge >= 0.3 is 5.97 Å². The van der Waals surface area contributed by atoms with Gasteiger partial charge in [-0.25, -0.2) is 4.79 Å². The van der Waals surface area contributed by atoms with Gasteiger partial charge in [-0.2, -0.15) is 5.10 Å². The average Bonchev–Trinajstić information content (AvgIpc) is 2.80. The molecule has 0 saturated carbocycles. The number of methoxy groups -OCH3 is 2. The van der Waals surface area contributed by atoms with Crippen molar-refractivity contribution in [2.75, 3.05) is 14.2 Å². The first kappa shape index (κ1) is 14.2. The summed E-state index contributed by atoms with van der Waals surface area (Å²) in [6, 6.07) is 3.66. The molecule has 0 aromatic carbocycles. The molecule has 6 nitrogen and oxygen atoms in total. The molecule has 2 rings (SSSR count). The van der Waals surface area contributed by atoms with Crippen molar-refractivity contribution >= 4 is 5.97 Å². The van der Waals surface area contributed by atoms with E-state index < -0.39 is 5.97 Å². The molecule has 2 heterocycles. The van der Waals surface area contributed by atoms with Crippen LogP contribution < -0.4 is 0 Å². The summed E-state index contributed by atoms with van der Waals surface area (Å²) in [4.78, 5) is 15.8. The summed E-state index contributed by atoms with van der Waals surface area (Å²) in [5, 5.41) is 4.15. The topological polar surface area (TPSA) is 66.2 Å². The van der Waals surface area contributed by atoms with Gasteiger partial charge in [-0.1, -0.05) is 0 Å². The Morgan fingerprint density at radius 1 is 1.35 bits per heavy atom. The monoisotopic (exact) mass is 275 g/mol. The molecule has 0 unspecified atom stereocenters. The van der Waals surface area contributed by atoms with Crippen LogP contribution in [0.5, 0.6) is 0 Å². The first-order valence-electron chi connectivity index (χ1n) is 6.14. The summed E-state index contributed by atoms with van der Waals surface area (Å²) in [5.74, 6) is -0.450. The van der Waals surface area contributed by atoms with E-state index in [-0.39, 0.29) is 5.69 Å². The van der Waals surface area contributed by atoms with Crippen molar-refractivity contribution < 1.29 is 14.3 Å². The summed E-state index contributed by atoms with van der Waals surface area (Å²) in [7, 11) is 4.75. The molecule has 0 atom stereocenters. The molecule has 2 aromatic heterocycles. The van der Waals surface area contributed by atoms with E-state index in [1.165, 1.54) is 7.11 Å². The Morgan fingerprint density at radius 3 is 2.70 bits per heavy atom. The smallest absolute Gasteiger partial charge is 0.358 e. The van der Waals surface area contributed by atoms with Crippen LogP contribution in [0, 0.1) is 6.92 Å². The van der Waals surface area contributed by atoms with E-state index in [9.17, 15) is 4.79 Å². The second-order valence-corrected chi connectivity index (χ2v) is 4.45. The fraction of sp³-hybridized carbons (Fsp3) is 0.357. The Labute approximate surface area is 117 Å². The number of carbonyl (C=O) groups excluding carboxylic acids is 1. The summed E-state index contributed by atoms with van der Waals surface area (Å²) in [5.41, 5.74) is 3.94. The lowest BCUT2D eigenvalue weighted by atomic mass is 10.1. The van der Waals surface area contributed by atoms with E-state index in [2.05, 4.69) is 14.8 Å². The van der Waals surface area contributed by atoms with Crippen molar-refractivity contribution in [3.8, 4) is 11.3 Å². The van der Waals surface area contributed by atoms with Crippen LogP contribution in [0.25, 0.3) is 11.3 Å². The van der Waals surface area contributed by atoms with Gasteiger partial charge in [-0.3, -0.25) is 9.67 Å². The molecule has 0 N–H and O–H groups in total. The van der Waals surface area contributed by atoms with Gasteiger partial charge in [0.2, 0.25) is 0 Å². The number of aryl methyl sites for hydroxylation is 2. The molecular formula is C14H17N3O3. The predicted octanol–water partition coefficient (Wildman–Crippen LogP) is 1.72. The van der Waals surface area contributed by atoms with Crippen molar-refractivity contribution in [3.05, 3.63) is 35.3 Å². The number of hydrogen-bond acceptors (Lipinski definition) is 5. The van der Waals surface area contributed by atoms with E-state index >= 15 is 0 Å². The number of esters is 1. The fourth-order valence-electron chi connectivity index (χ4n) is 2.03. The Morgan fingerprint density at radius 2 is 2.10 bits per heavy atom. The van der Waals surface area contributed by atoms with Gasteiger partial charge in [-0.05, 0) is 24.6 Å². The van der Waals surface area contributed by atoms with Gasteiger partial charge in [0, 0.05) is 25.9 Å². The minimum absolute atomic E-state index is 0.283. The number of nitrogens with zero attached hydrogens (tertiary/aromatic N) is 3. The van der Waals surface area contributed by atoms with Crippen LogP contribution in [-0.2, 0) is 23.1 Å². The van der Waals surface area contributed by atoms with Gasteiger partial charge in [-0.15, -0.1) is 0 Å². The zero-order valence-electron chi connectivity index (χ0n) is 12.0. The van der Waals surface area contributed by atoms with Gasteiger partial charge in [0.1, 0.15) is 0 Å². The Balaban J connectivity index is 2.41. The molecule has 106 valence electrons. The van der Waals surface area contributed by atoms with Gasteiger partial charge in [0.25, 0.3) is 0 Å². The zero-order valence-corrected chi connectivity index (χ0v) is 12.0. The number of ether oxygens (including phenoxy) is 2. The molecule has 2 aromatic rings. The van der Waals surface area contributed by atoms with E-state index in [4.69, 9.17) is 4.74 Å². The molecule has 0 aliphatic carbocycles. The van der Waals surface area contributed by atoms with Crippen LogP contribution in [0.2, 0.25) is 0 Å². The molecule has 0 spiro atoms. The van der Waals surface area contributed by atoms with Crippen LogP contribution in [0.4, 0.5) is 0 Å². The molecule has 0 saturated heterocycles. The highest BCUT2D eigenvalue weighted by Crippen LogP contribution is 2.23. The lowest BCUT2D eigenvalue weighted by molar-refractivity contribution is 0.0593. The van der Waals surface area contributed by atoms with Crippen LogP contribution in [0.3, 0.4) is 0 Å². The maximum Gasteiger partial charge on any atom is 0.358 e. The summed E-state index contributed by atoms with van der Waals surface area (Å²) < 4.78 is 11.4. The first-order chi connectivity index (χ1) is 9.56. The number of carbonyl (C=O) groups is 1. The van der Waals surface area contributed by atoms with E-state index in [1.807, 2.05) is 13.0 Å². The molecule has 0 radical (unpaired) electrons. The van der Waals surface area contributed by atoms with Gasteiger partial charge in [0.15, 0.2) is 5.69 Å². The molecule has 0 amide bonds. The Kier molecular flexibility index (Phi) is 4.14. The Bertz CT molecular complexity index is 635. The minimum Gasteiger partial charge on any atom is -0.464 e. The third kappa shape index (κ3) is 2.70. The SMILES string of the molecule is COCc1cc(C)c(-c2cc(C(=O)OC)nn2C)cn1. The zero-order chi connectivity index (χ0) is 14.7. The second-order valence-electron chi connectivity index (χ2n) is 4.45. The summed E-state index contributed by atoms with van der Waals surface area (Å²) in [6.07, 6.45) is 1.77. The molecule has 0 aliphatic heterocycles. The molecule has 0 aliphatic rings. The third-order valence-electron chi connectivity index (χ3n) is 3.01.